The Morgan fingerprint density at radius 1 is 1.07 bits per heavy atom. The highest BCUT2D eigenvalue weighted by Crippen LogP contribution is 2.38. The molecule has 1 N–H and O–H groups in total. The molecule has 3 fully saturated rings. The molecule has 42 heavy (non-hydrogen) atoms. The second kappa shape index (κ2) is 12.5. The van der Waals surface area contributed by atoms with Crippen LogP contribution >= 0.6 is 11.3 Å². The van der Waals surface area contributed by atoms with Crippen molar-refractivity contribution in [2.45, 2.75) is 97.3 Å². The first-order chi connectivity index (χ1) is 19.7. The molecule has 1 saturated carbocycles. The summed E-state index contributed by atoms with van der Waals surface area (Å²) in [4.78, 5) is 57.6. The van der Waals surface area contributed by atoms with Gasteiger partial charge in [-0.05, 0) is 78.7 Å². The number of aromatic carboxylic acids is 1. The minimum Gasteiger partial charge on any atom is -0.477 e. The Bertz CT molecular complexity index is 1270. The Balaban J connectivity index is 1.51. The summed E-state index contributed by atoms with van der Waals surface area (Å²) >= 11 is 1.06. The lowest BCUT2D eigenvalue weighted by Gasteiger charge is -2.35. The van der Waals surface area contributed by atoms with E-state index in [1.54, 1.807) is 48.5 Å². The zero-order chi connectivity index (χ0) is 30.8. The number of nitrogens with zero attached hydrogens (tertiary/aromatic N) is 3. The van der Waals surface area contributed by atoms with E-state index in [0.717, 1.165) is 37.0 Å². The molecular formula is C31H43N3O7S. The summed E-state index contributed by atoms with van der Waals surface area (Å²) < 4.78 is 11.4. The average Bonchev–Trinajstić information content (AvgIpc) is 3.63. The topological polar surface area (TPSA) is 117 Å². The lowest BCUT2D eigenvalue weighted by atomic mass is 9.82. The van der Waals surface area contributed by atoms with Gasteiger partial charge in [-0.15, -0.1) is 17.3 Å². The smallest absolute Gasteiger partial charge is 0.410 e. The van der Waals surface area contributed by atoms with Gasteiger partial charge in [-0.2, -0.15) is 0 Å². The number of carbonyl (C=O) groups excluding carboxylic acids is 3. The van der Waals surface area contributed by atoms with Gasteiger partial charge in [-0.25, -0.2) is 14.4 Å². The molecule has 3 amide bonds. The summed E-state index contributed by atoms with van der Waals surface area (Å²) in [5.74, 6) is 4.92. The number of thiophene rings is 1. The monoisotopic (exact) mass is 601 g/mol. The van der Waals surface area contributed by atoms with Crippen molar-refractivity contribution in [1.29, 1.82) is 0 Å². The molecule has 0 radical (unpaired) electrons. The third-order valence-electron chi connectivity index (χ3n) is 8.22. The highest BCUT2D eigenvalue weighted by molar-refractivity contribution is 7.15. The van der Waals surface area contributed by atoms with E-state index in [9.17, 15) is 24.3 Å². The first-order valence-corrected chi connectivity index (χ1v) is 15.6. The van der Waals surface area contributed by atoms with Crippen LogP contribution in [0.4, 0.5) is 15.3 Å². The van der Waals surface area contributed by atoms with Gasteiger partial charge in [-0.1, -0.05) is 12.8 Å². The van der Waals surface area contributed by atoms with Gasteiger partial charge in [0.05, 0.1) is 23.2 Å². The highest BCUT2D eigenvalue weighted by Gasteiger charge is 2.44. The van der Waals surface area contributed by atoms with E-state index in [-0.39, 0.29) is 29.8 Å². The Morgan fingerprint density at radius 3 is 2.38 bits per heavy atom. The van der Waals surface area contributed by atoms with Gasteiger partial charge in [-0.3, -0.25) is 4.79 Å². The van der Waals surface area contributed by atoms with Crippen LogP contribution in [0.5, 0.6) is 0 Å². The standard InChI is InChI=1S/C31H43N3O7S/c1-7-8-23-17-24(25(42-23)27(36)37)34(26(35)21-11-9-20(2)10-12-21)22-13-15-32(18-22)28(38)41-31(6)14-16-33(19-31)29(39)40-30(3,4)5/h17,20-22H,9-16,18-19H2,1-6H3,(H,36,37)/t20-,21-,22-,31?/m0/s1. The first-order valence-electron chi connectivity index (χ1n) is 14.8. The second-order valence-corrected chi connectivity index (χ2v) is 14.1. The average molecular weight is 602 g/mol. The lowest BCUT2D eigenvalue weighted by Crippen LogP contribution is -2.47. The number of rotatable bonds is 5. The van der Waals surface area contributed by atoms with Gasteiger partial charge >= 0.3 is 18.2 Å². The van der Waals surface area contributed by atoms with Crippen molar-refractivity contribution in [2.24, 2.45) is 11.8 Å². The number of carbonyl (C=O) groups is 4. The molecule has 2 atom stereocenters. The van der Waals surface area contributed by atoms with Crippen molar-refractivity contribution in [2.75, 3.05) is 31.1 Å². The number of carboxylic acid groups (broad SMARTS) is 1. The number of likely N-dealkylation sites (tertiary alicyclic amines) is 2. The maximum absolute atomic E-state index is 14.1. The van der Waals surface area contributed by atoms with Crippen LogP contribution in [0.15, 0.2) is 6.07 Å². The predicted octanol–water partition coefficient (Wildman–Crippen LogP) is 5.59. The molecule has 1 unspecified atom stereocenters. The minimum atomic E-state index is -1.10. The zero-order valence-corrected chi connectivity index (χ0v) is 26.3. The molecule has 0 aromatic carbocycles. The van der Waals surface area contributed by atoms with Gasteiger partial charge in [0.1, 0.15) is 16.1 Å². The molecular weight excluding hydrogens is 558 g/mol. The van der Waals surface area contributed by atoms with Gasteiger partial charge in [0.2, 0.25) is 5.91 Å². The number of anilines is 1. The van der Waals surface area contributed by atoms with E-state index in [4.69, 9.17) is 9.47 Å². The quantitative estimate of drug-likeness (QED) is 0.438. The van der Waals surface area contributed by atoms with Crippen molar-refractivity contribution in [3.63, 3.8) is 0 Å². The van der Waals surface area contributed by atoms with E-state index in [1.165, 1.54) is 0 Å². The molecule has 1 aromatic rings. The number of ether oxygens (including phenoxy) is 2. The maximum Gasteiger partial charge on any atom is 0.410 e. The minimum absolute atomic E-state index is 0.0759. The Hall–Kier alpha value is -3.26. The maximum atomic E-state index is 14.1. The molecule has 2 saturated heterocycles. The number of amides is 3. The zero-order valence-electron chi connectivity index (χ0n) is 25.5. The molecule has 2 aliphatic heterocycles. The van der Waals surface area contributed by atoms with Gasteiger partial charge in [0.25, 0.3) is 0 Å². The van der Waals surface area contributed by atoms with Crippen molar-refractivity contribution >= 4 is 41.1 Å². The Kier molecular flexibility index (Phi) is 9.46. The normalized spacial score (nSPS) is 25.9. The molecule has 11 heteroatoms. The van der Waals surface area contributed by atoms with Crippen LogP contribution in [0.1, 0.15) is 94.6 Å². The number of hydrogen-bond donors (Lipinski definition) is 1. The fourth-order valence-corrected chi connectivity index (χ4v) is 6.88. The molecule has 4 rings (SSSR count). The Labute approximate surface area is 252 Å². The van der Waals surface area contributed by atoms with Crippen LogP contribution in [0.25, 0.3) is 0 Å². The highest BCUT2D eigenvalue weighted by atomic mass is 32.1. The molecule has 3 aliphatic rings. The van der Waals surface area contributed by atoms with E-state index in [0.29, 0.717) is 42.4 Å². The number of carboxylic acids is 1. The largest absolute Gasteiger partial charge is 0.477 e. The molecule has 0 spiro atoms. The summed E-state index contributed by atoms with van der Waals surface area (Å²) in [6.45, 7) is 12.3. The van der Waals surface area contributed by atoms with E-state index < -0.39 is 35.4 Å². The van der Waals surface area contributed by atoms with Crippen LogP contribution in [0.3, 0.4) is 0 Å². The third kappa shape index (κ3) is 7.38. The molecule has 1 aliphatic carbocycles. The van der Waals surface area contributed by atoms with Gasteiger partial charge in [0, 0.05) is 32.0 Å². The van der Waals surface area contributed by atoms with Crippen LogP contribution in [0, 0.1) is 23.7 Å². The van der Waals surface area contributed by atoms with Crippen molar-refractivity contribution in [1.82, 2.24) is 9.80 Å². The van der Waals surface area contributed by atoms with Crippen LogP contribution < -0.4 is 4.90 Å². The summed E-state index contributed by atoms with van der Waals surface area (Å²) in [5.41, 5.74) is -1.13. The van der Waals surface area contributed by atoms with Crippen LogP contribution in [-0.4, -0.2) is 82.4 Å². The van der Waals surface area contributed by atoms with Gasteiger partial charge in [0.15, 0.2) is 0 Å². The first kappa shape index (κ1) is 31.7. The fraction of sp³-hybridized carbons (Fsp3) is 0.677. The second-order valence-electron chi connectivity index (χ2n) is 13.0. The van der Waals surface area contributed by atoms with Crippen LogP contribution in [-0.2, 0) is 14.3 Å². The molecule has 1 aromatic heterocycles. The number of hydrogen-bond acceptors (Lipinski definition) is 7. The SMILES string of the molecule is CC#Cc1cc(N(C(=O)[C@H]2CC[C@H](C)CC2)[C@H]2CCN(C(=O)OC3(C)CCN(C(=O)OC(C)(C)C)C3)C2)c(C(=O)O)s1. The van der Waals surface area contributed by atoms with Crippen LogP contribution in [0.2, 0.25) is 0 Å². The molecule has 230 valence electrons. The van der Waals surface area contributed by atoms with Crippen molar-refractivity contribution in [3.05, 3.63) is 15.8 Å². The summed E-state index contributed by atoms with van der Waals surface area (Å²) in [6.07, 6.45) is 3.46. The summed E-state index contributed by atoms with van der Waals surface area (Å²) in [5, 5.41) is 10.0. The van der Waals surface area contributed by atoms with Crippen molar-refractivity contribution in [3.8, 4) is 11.8 Å². The van der Waals surface area contributed by atoms with Crippen molar-refractivity contribution < 1.29 is 33.8 Å². The fourth-order valence-electron chi connectivity index (χ4n) is 5.99. The van der Waals surface area contributed by atoms with E-state index in [1.807, 2.05) is 6.92 Å². The lowest BCUT2D eigenvalue weighted by molar-refractivity contribution is -0.124. The molecule has 3 heterocycles. The summed E-state index contributed by atoms with van der Waals surface area (Å²) in [7, 11) is 0. The molecule has 10 nitrogen and oxygen atoms in total. The summed E-state index contributed by atoms with van der Waals surface area (Å²) in [6, 6.07) is 1.30. The Morgan fingerprint density at radius 2 is 1.76 bits per heavy atom. The van der Waals surface area contributed by atoms with E-state index in [2.05, 4.69) is 18.8 Å². The third-order valence-corrected chi connectivity index (χ3v) is 9.25. The molecule has 0 bridgehead atoms. The van der Waals surface area contributed by atoms with E-state index >= 15 is 0 Å². The van der Waals surface area contributed by atoms with Gasteiger partial charge < -0.3 is 29.3 Å². The predicted molar refractivity (Wildman–Crippen MR) is 160 cm³/mol.